The average Bonchev–Trinajstić information content (AvgIpc) is 2.48. The number of hydrogen-bond donors (Lipinski definition) is 1. The van der Waals surface area contributed by atoms with Crippen LogP contribution in [0.25, 0.3) is 0 Å². The molecule has 0 fully saturated rings. The largest absolute Gasteiger partial charge is 0.495 e. The highest BCUT2D eigenvalue weighted by atomic mass is 16.5. The lowest BCUT2D eigenvalue weighted by atomic mass is 10.1. The van der Waals surface area contributed by atoms with E-state index in [9.17, 15) is 4.79 Å². The van der Waals surface area contributed by atoms with Crippen molar-refractivity contribution in [2.45, 2.75) is 6.92 Å². The number of ether oxygens (including phenoxy) is 1. The van der Waals surface area contributed by atoms with Crippen LogP contribution in [0.2, 0.25) is 0 Å². The summed E-state index contributed by atoms with van der Waals surface area (Å²) in [5.41, 5.74) is 2.53. The highest BCUT2D eigenvalue weighted by Crippen LogP contribution is 2.26. The molecular weight excluding hydrogens is 252 g/mol. The molecule has 0 saturated carbocycles. The second kappa shape index (κ2) is 5.89. The molecular formula is C16H14N2O2. The number of carbonyl (C=O) groups is 1. The number of nitriles is 1. The highest BCUT2D eigenvalue weighted by Gasteiger charge is 2.11. The third kappa shape index (κ3) is 2.78. The molecule has 0 radical (unpaired) electrons. The lowest BCUT2D eigenvalue weighted by molar-refractivity contribution is 0.102. The molecule has 0 heterocycles. The maximum absolute atomic E-state index is 12.2. The number of nitrogens with zero attached hydrogens (tertiary/aromatic N) is 1. The summed E-state index contributed by atoms with van der Waals surface area (Å²) in [5.74, 6) is 0.261. The molecule has 0 unspecified atom stereocenters. The van der Waals surface area contributed by atoms with Crippen molar-refractivity contribution < 1.29 is 9.53 Å². The van der Waals surface area contributed by atoms with Crippen LogP contribution in [0.4, 0.5) is 5.69 Å². The van der Waals surface area contributed by atoms with Gasteiger partial charge in [0.2, 0.25) is 0 Å². The normalized spacial score (nSPS) is 9.65. The van der Waals surface area contributed by atoms with Crippen molar-refractivity contribution >= 4 is 11.6 Å². The van der Waals surface area contributed by atoms with Gasteiger partial charge in [0.05, 0.1) is 24.4 Å². The number of anilines is 1. The summed E-state index contributed by atoms with van der Waals surface area (Å²) in [6.07, 6.45) is 0. The summed E-state index contributed by atoms with van der Waals surface area (Å²) in [6, 6.07) is 14.3. The molecule has 0 aromatic heterocycles. The van der Waals surface area contributed by atoms with Crippen LogP contribution in [-0.4, -0.2) is 13.0 Å². The molecule has 1 N–H and O–H groups in total. The predicted octanol–water partition coefficient (Wildman–Crippen LogP) is 3.13. The third-order valence-corrected chi connectivity index (χ3v) is 2.97. The Morgan fingerprint density at radius 2 is 2.00 bits per heavy atom. The zero-order valence-electron chi connectivity index (χ0n) is 11.3. The Balaban J connectivity index is 2.29. The van der Waals surface area contributed by atoms with Gasteiger partial charge in [-0.1, -0.05) is 18.2 Å². The van der Waals surface area contributed by atoms with Crippen molar-refractivity contribution in [2.24, 2.45) is 0 Å². The maximum atomic E-state index is 12.2. The Morgan fingerprint density at radius 3 is 2.65 bits per heavy atom. The van der Waals surface area contributed by atoms with Crippen LogP contribution >= 0.6 is 0 Å². The number of hydrogen-bond acceptors (Lipinski definition) is 3. The standard InChI is InChI=1S/C16H14N2O2/c1-11-5-3-4-6-13(11)16(19)18-14-8-7-12(10-17)9-15(14)20-2/h3-9H,1-2H3,(H,18,19). The van der Waals surface area contributed by atoms with Crippen molar-refractivity contribution in [3.8, 4) is 11.8 Å². The summed E-state index contributed by atoms with van der Waals surface area (Å²) in [7, 11) is 1.50. The second-order valence-electron chi connectivity index (χ2n) is 4.30. The second-order valence-corrected chi connectivity index (χ2v) is 4.30. The van der Waals surface area contributed by atoms with Gasteiger partial charge in [-0.05, 0) is 30.7 Å². The molecule has 0 atom stereocenters. The van der Waals surface area contributed by atoms with E-state index in [1.54, 1.807) is 24.3 Å². The van der Waals surface area contributed by atoms with Gasteiger partial charge < -0.3 is 10.1 Å². The number of amides is 1. The van der Waals surface area contributed by atoms with Gasteiger partial charge in [0.1, 0.15) is 5.75 Å². The summed E-state index contributed by atoms with van der Waals surface area (Å²) in [4.78, 5) is 12.2. The van der Waals surface area contributed by atoms with Gasteiger partial charge in [-0.15, -0.1) is 0 Å². The van der Waals surface area contributed by atoms with Crippen molar-refractivity contribution in [1.82, 2.24) is 0 Å². The van der Waals surface area contributed by atoms with E-state index in [0.717, 1.165) is 5.56 Å². The van der Waals surface area contributed by atoms with Crippen molar-refractivity contribution in [1.29, 1.82) is 5.26 Å². The number of aryl methyl sites for hydroxylation is 1. The minimum absolute atomic E-state index is 0.203. The van der Waals surface area contributed by atoms with Crippen LogP contribution in [-0.2, 0) is 0 Å². The van der Waals surface area contributed by atoms with E-state index in [4.69, 9.17) is 10.00 Å². The van der Waals surface area contributed by atoms with E-state index >= 15 is 0 Å². The fraction of sp³-hybridized carbons (Fsp3) is 0.125. The number of methoxy groups -OCH3 is 1. The Morgan fingerprint density at radius 1 is 1.25 bits per heavy atom. The Kier molecular flexibility index (Phi) is 4.02. The van der Waals surface area contributed by atoms with Gasteiger partial charge >= 0.3 is 0 Å². The molecule has 20 heavy (non-hydrogen) atoms. The zero-order chi connectivity index (χ0) is 14.5. The molecule has 2 rings (SSSR count). The van der Waals surface area contributed by atoms with Crippen LogP contribution in [0.1, 0.15) is 21.5 Å². The van der Waals surface area contributed by atoms with Gasteiger partial charge in [0, 0.05) is 11.6 Å². The monoisotopic (exact) mass is 266 g/mol. The molecule has 0 aliphatic rings. The zero-order valence-corrected chi connectivity index (χ0v) is 11.3. The highest BCUT2D eigenvalue weighted by molar-refractivity contribution is 6.06. The minimum Gasteiger partial charge on any atom is -0.495 e. The molecule has 0 spiro atoms. The van der Waals surface area contributed by atoms with Crippen LogP contribution in [0, 0.1) is 18.3 Å². The van der Waals surface area contributed by atoms with Gasteiger partial charge in [0.15, 0.2) is 0 Å². The average molecular weight is 266 g/mol. The number of benzene rings is 2. The maximum Gasteiger partial charge on any atom is 0.256 e. The first kappa shape index (κ1) is 13.6. The SMILES string of the molecule is COc1cc(C#N)ccc1NC(=O)c1ccccc1C. The summed E-state index contributed by atoms with van der Waals surface area (Å²) >= 11 is 0. The fourth-order valence-electron chi connectivity index (χ4n) is 1.88. The van der Waals surface area contributed by atoms with Crippen LogP contribution in [0.15, 0.2) is 42.5 Å². The van der Waals surface area contributed by atoms with Crippen molar-refractivity contribution in [3.05, 3.63) is 59.2 Å². The van der Waals surface area contributed by atoms with Gasteiger partial charge in [0.25, 0.3) is 5.91 Å². The Hall–Kier alpha value is -2.80. The van der Waals surface area contributed by atoms with E-state index < -0.39 is 0 Å². The molecule has 2 aromatic carbocycles. The topological polar surface area (TPSA) is 62.1 Å². The molecule has 4 heteroatoms. The third-order valence-electron chi connectivity index (χ3n) is 2.97. The van der Waals surface area contributed by atoms with Crippen LogP contribution in [0.3, 0.4) is 0 Å². The van der Waals surface area contributed by atoms with Crippen LogP contribution < -0.4 is 10.1 Å². The predicted molar refractivity (Wildman–Crippen MR) is 76.8 cm³/mol. The molecule has 0 aliphatic carbocycles. The van der Waals surface area contributed by atoms with E-state index in [-0.39, 0.29) is 5.91 Å². The Labute approximate surface area is 117 Å². The summed E-state index contributed by atoms with van der Waals surface area (Å²) in [6.45, 7) is 1.88. The molecule has 0 bridgehead atoms. The quantitative estimate of drug-likeness (QED) is 0.928. The van der Waals surface area contributed by atoms with Gasteiger partial charge in [-0.3, -0.25) is 4.79 Å². The first-order valence-corrected chi connectivity index (χ1v) is 6.11. The van der Waals surface area contributed by atoms with Gasteiger partial charge in [-0.2, -0.15) is 5.26 Å². The number of carbonyl (C=O) groups excluding carboxylic acids is 1. The smallest absolute Gasteiger partial charge is 0.256 e. The Bertz CT molecular complexity index is 687. The molecule has 1 amide bonds. The van der Waals surface area contributed by atoms with E-state index in [1.165, 1.54) is 7.11 Å². The lowest BCUT2D eigenvalue weighted by Gasteiger charge is -2.11. The number of nitrogens with one attached hydrogen (secondary N) is 1. The molecule has 100 valence electrons. The molecule has 0 aliphatic heterocycles. The van der Waals surface area contributed by atoms with E-state index in [2.05, 4.69) is 5.32 Å². The first-order chi connectivity index (χ1) is 9.65. The molecule has 4 nitrogen and oxygen atoms in total. The molecule has 2 aromatic rings. The molecule has 0 saturated heterocycles. The summed E-state index contributed by atoms with van der Waals surface area (Å²) in [5, 5.41) is 11.6. The van der Waals surface area contributed by atoms with E-state index in [1.807, 2.05) is 31.2 Å². The lowest BCUT2D eigenvalue weighted by Crippen LogP contribution is -2.14. The van der Waals surface area contributed by atoms with Crippen molar-refractivity contribution in [3.63, 3.8) is 0 Å². The first-order valence-electron chi connectivity index (χ1n) is 6.11. The fourth-order valence-corrected chi connectivity index (χ4v) is 1.88. The number of rotatable bonds is 3. The van der Waals surface area contributed by atoms with Crippen molar-refractivity contribution in [2.75, 3.05) is 12.4 Å². The van der Waals surface area contributed by atoms with E-state index in [0.29, 0.717) is 22.6 Å². The van der Waals surface area contributed by atoms with Crippen LogP contribution in [0.5, 0.6) is 5.75 Å². The summed E-state index contributed by atoms with van der Waals surface area (Å²) < 4.78 is 5.19. The van der Waals surface area contributed by atoms with Gasteiger partial charge in [-0.25, -0.2) is 0 Å². The minimum atomic E-state index is -0.203.